The third kappa shape index (κ3) is 1.06. The first-order valence-corrected chi connectivity index (χ1v) is 4.11. The maximum atomic E-state index is 10.8. The smallest absolute Gasteiger partial charge is 0.355 e. The van der Waals surface area contributed by atoms with Crippen molar-refractivity contribution < 1.29 is 9.90 Å². The molecule has 2 heterocycles. The van der Waals surface area contributed by atoms with E-state index in [1.165, 1.54) is 6.33 Å². The van der Waals surface area contributed by atoms with Crippen LogP contribution in [0.15, 0.2) is 12.4 Å². The molecular formula is C9H9N3O2. The van der Waals surface area contributed by atoms with E-state index < -0.39 is 5.97 Å². The molecule has 2 aromatic heterocycles. The summed E-state index contributed by atoms with van der Waals surface area (Å²) in [6.07, 6.45) is 1.27. The van der Waals surface area contributed by atoms with Gasteiger partial charge in [0.2, 0.25) is 0 Å². The van der Waals surface area contributed by atoms with E-state index in [-0.39, 0.29) is 5.69 Å². The number of aromatic carboxylic acids is 1. The maximum Gasteiger partial charge on any atom is 0.355 e. The van der Waals surface area contributed by atoms with E-state index in [1.54, 1.807) is 6.07 Å². The minimum Gasteiger partial charge on any atom is -0.476 e. The van der Waals surface area contributed by atoms with Gasteiger partial charge in [0.05, 0.1) is 5.39 Å². The standard InChI is InChI=1S/C9H9N3O2/c1-5-3-6-7(9(13)14)10-4-11-8(6)12(5)2/h3-4H,1-2H3,(H,13,14). The molecule has 0 unspecified atom stereocenters. The molecular weight excluding hydrogens is 182 g/mol. The van der Waals surface area contributed by atoms with Crippen molar-refractivity contribution >= 4 is 17.0 Å². The average Bonchev–Trinajstić information content (AvgIpc) is 2.43. The Hall–Kier alpha value is -1.91. The molecule has 72 valence electrons. The fourth-order valence-corrected chi connectivity index (χ4v) is 1.43. The average molecular weight is 191 g/mol. The van der Waals surface area contributed by atoms with Crippen LogP contribution in [-0.4, -0.2) is 25.6 Å². The monoisotopic (exact) mass is 191 g/mol. The van der Waals surface area contributed by atoms with Crippen LogP contribution in [0, 0.1) is 6.92 Å². The zero-order valence-corrected chi connectivity index (χ0v) is 7.85. The SMILES string of the molecule is Cc1cc2c(C(=O)O)ncnc2n1C. The first-order valence-electron chi connectivity index (χ1n) is 4.11. The highest BCUT2D eigenvalue weighted by Crippen LogP contribution is 2.18. The summed E-state index contributed by atoms with van der Waals surface area (Å²) in [5, 5.41) is 9.47. The van der Waals surface area contributed by atoms with E-state index in [4.69, 9.17) is 5.11 Å². The van der Waals surface area contributed by atoms with Gasteiger partial charge < -0.3 is 9.67 Å². The molecule has 0 fully saturated rings. The molecule has 14 heavy (non-hydrogen) atoms. The second-order valence-corrected chi connectivity index (χ2v) is 3.11. The number of fused-ring (bicyclic) bond motifs is 1. The van der Waals surface area contributed by atoms with Crippen molar-refractivity contribution in [2.45, 2.75) is 6.92 Å². The molecule has 0 aliphatic rings. The Bertz CT molecular complexity index is 516. The molecule has 0 amide bonds. The molecule has 0 atom stereocenters. The maximum absolute atomic E-state index is 10.8. The highest BCUT2D eigenvalue weighted by atomic mass is 16.4. The molecule has 0 aliphatic carbocycles. The molecule has 2 aromatic rings. The topological polar surface area (TPSA) is 68.0 Å². The second-order valence-electron chi connectivity index (χ2n) is 3.11. The zero-order chi connectivity index (χ0) is 10.3. The summed E-state index contributed by atoms with van der Waals surface area (Å²) in [4.78, 5) is 18.6. The molecule has 1 N–H and O–H groups in total. The Labute approximate surface area is 80.0 Å². The summed E-state index contributed by atoms with van der Waals surface area (Å²) in [7, 11) is 1.84. The molecule has 5 nitrogen and oxygen atoms in total. The van der Waals surface area contributed by atoms with Gasteiger partial charge in [-0.15, -0.1) is 0 Å². The Morgan fingerprint density at radius 1 is 1.50 bits per heavy atom. The molecule has 0 aliphatic heterocycles. The van der Waals surface area contributed by atoms with Crippen molar-refractivity contribution in [3.63, 3.8) is 0 Å². The van der Waals surface area contributed by atoms with Crippen molar-refractivity contribution in [3.8, 4) is 0 Å². The van der Waals surface area contributed by atoms with Gasteiger partial charge in [0, 0.05) is 12.7 Å². The molecule has 2 rings (SSSR count). The van der Waals surface area contributed by atoms with Gasteiger partial charge in [0.15, 0.2) is 5.69 Å². The molecule has 0 radical (unpaired) electrons. The van der Waals surface area contributed by atoms with Crippen molar-refractivity contribution in [2.75, 3.05) is 0 Å². The van der Waals surface area contributed by atoms with Crippen LogP contribution in [0.4, 0.5) is 0 Å². The molecule has 0 aromatic carbocycles. The van der Waals surface area contributed by atoms with Crippen LogP contribution in [0.5, 0.6) is 0 Å². The quantitative estimate of drug-likeness (QED) is 0.729. The summed E-state index contributed by atoms with van der Waals surface area (Å²) in [5.41, 5.74) is 1.66. The molecule has 0 saturated carbocycles. The van der Waals surface area contributed by atoms with Crippen LogP contribution in [-0.2, 0) is 7.05 Å². The van der Waals surface area contributed by atoms with E-state index in [0.717, 1.165) is 5.69 Å². The lowest BCUT2D eigenvalue weighted by Crippen LogP contribution is -2.02. The van der Waals surface area contributed by atoms with E-state index in [1.807, 2.05) is 18.5 Å². The highest BCUT2D eigenvalue weighted by Gasteiger charge is 2.13. The summed E-state index contributed by atoms with van der Waals surface area (Å²) in [6.45, 7) is 1.90. The van der Waals surface area contributed by atoms with Crippen molar-refractivity contribution in [2.24, 2.45) is 7.05 Å². The number of aromatic nitrogens is 3. The minimum atomic E-state index is -1.02. The van der Waals surface area contributed by atoms with Gasteiger partial charge in [-0.3, -0.25) is 0 Å². The van der Waals surface area contributed by atoms with Crippen LogP contribution in [0.3, 0.4) is 0 Å². The summed E-state index contributed by atoms with van der Waals surface area (Å²) in [5.74, 6) is -1.02. The zero-order valence-electron chi connectivity index (χ0n) is 7.85. The third-order valence-corrected chi connectivity index (χ3v) is 2.27. The second kappa shape index (κ2) is 2.80. The normalized spacial score (nSPS) is 10.7. The number of carboxylic acid groups (broad SMARTS) is 1. The Balaban J connectivity index is 2.88. The lowest BCUT2D eigenvalue weighted by molar-refractivity contribution is 0.0692. The molecule has 0 bridgehead atoms. The highest BCUT2D eigenvalue weighted by molar-refractivity contribution is 6.00. The summed E-state index contributed by atoms with van der Waals surface area (Å²) >= 11 is 0. The van der Waals surface area contributed by atoms with Gasteiger partial charge in [0.1, 0.15) is 12.0 Å². The Morgan fingerprint density at radius 3 is 2.86 bits per heavy atom. The van der Waals surface area contributed by atoms with Crippen LogP contribution in [0.1, 0.15) is 16.2 Å². The van der Waals surface area contributed by atoms with Crippen LogP contribution >= 0.6 is 0 Å². The van der Waals surface area contributed by atoms with Gasteiger partial charge in [-0.2, -0.15) is 0 Å². The lowest BCUT2D eigenvalue weighted by atomic mass is 10.3. The number of hydrogen-bond acceptors (Lipinski definition) is 3. The van der Waals surface area contributed by atoms with Gasteiger partial charge in [-0.05, 0) is 13.0 Å². The number of aryl methyl sites for hydroxylation is 2. The van der Waals surface area contributed by atoms with E-state index in [9.17, 15) is 4.79 Å². The van der Waals surface area contributed by atoms with Crippen molar-refractivity contribution in [1.29, 1.82) is 0 Å². The number of nitrogens with zero attached hydrogens (tertiary/aromatic N) is 3. The van der Waals surface area contributed by atoms with Gasteiger partial charge in [0.25, 0.3) is 0 Å². The van der Waals surface area contributed by atoms with Crippen LogP contribution < -0.4 is 0 Å². The summed E-state index contributed by atoms with van der Waals surface area (Å²) in [6, 6.07) is 1.78. The predicted molar refractivity (Wildman–Crippen MR) is 50.2 cm³/mol. The van der Waals surface area contributed by atoms with Crippen LogP contribution in [0.25, 0.3) is 11.0 Å². The third-order valence-electron chi connectivity index (χ3n) is 2.27. The number of rotatable bonds is 1. The van der Waals surface area contributed by atoms with Crippen LogP contribution in [0.2, 0.25) is 0 Å². The first kappa shape index (κ1) is 8.68. The predicted octanol–water partition coefficient (Wildman–Crippen LogP) is 0.975. The Morgan fingerprint density at radius 2 is 2.21 bits per heavy atom. The van der Waals surface area contributed by atoms with E-state index in [2.05, 4.69) is 9.97 Å². The minimum absolute atomic E-state index is 0.0544. The number of carboxylic acids is 1. The van der Waals surface area contributed by atoms with E-state index in [0.29, 0.717) is 11.0 Å². The van der Waals surface area contributed by atoms with Crippen molar-refractivity contribution in [1.82, 2.24) is 14.5 Å². The van der Waals surface area contributed by atoms with Crippen molar-refractivity contribution in [3.05, 3.63) is 23.8 Å². The van der Waals surface area contributed by atoms with Gasteiger partial charge in [-0.25, -0.2) is 14.8 Å². The Kier molecular flexibility index (Phi) is 1.73. The van der Waals surface area contributed by atoms with Gasteiger partial charge >= 0.3 is 5.97 Å². The van der Waals surface area contributed by atoms with E-state index >= 15 is 0 Å². The summed E-state index contributed by atoms with van der Waals surface area (Å²) < 4.78 is 1.84. The molecule has 0 spiro atoms. The number of carbonyl (C=O) groups is 1. The number of hydrogen-bond donors (Lipinski definition) is 1. The fraction of sp³-hybridized carbons (Fsp3) is 0.222. The molecule has 0 saturated heterocycles. The first-order chi connectivity index (χ1) is 6.61. The van der Waals surface area contributed by atoms with Gasteiger partial charge in [-0.1, -0.05) is 0 Å². The lowest BCUT2D eigenvalue weighted by Gasteiger charge is -1.97. The largest absolute Gasteiger partial charge is 0.476 e. The fourth-order valence-electron chi connectivity index (χ4n) is 1.43. The molecule has 5 heteroatoms.